The summed E-state index contributed by atoms with van der Waals surface area (Å²) in [5.74, 6) is -7.75. The number of aliphatic hydroxyl groups is 10. The smallest absolute Gasteiger partial charge is 0.311 e. The van der Waals surface area contributed by atoms with Gasteiger partial charge in [0, 0.05) is 62.7 Å². The van der Waals surface area contributed by atoms with E-state index < -0.39 is 172 Å². The highest BCUT2D eigenvalue weighted by molar-refractivity contribution is 5.96. The molecular formula is C59H86N2O19. The van der Waals surface area contributed by atoms with E-state index in [1.165, 1.54) is 13.0 Å². The topological polar surface area (TPSA) is 366 Å². The lowest BCUT2D eigenvalue weighted by Gasteiger charge is -2.45. The Labute approximate surface area is 468 Å². The molecule has 4 rings (SSSR count). The molecule has 21 nitrogen and oxygen atoms in total. The molecule has 14 unspecified atom stereocenters. The van der Waals surface area contributed by atoms with Crippen LogP contribution >= 0.6 is 0 Å². The molecule has 0 spiro atoms. The Morgan fingerprint density at radius 3 is 1.86 bits per heavy atom. The predicted molar refractivity (Wildman–Crippen MR) is 295 cm³/mol. The minimum Gasteiger partial charge on any atom is -0.481 e. The van der Waals surface area contributed by atoms with E-state index in [1.807, 2.05) is 19.9 Å². The molecule has 0 amide bonds. The van der Waals surface area contributed by atoms with Gasteiger partial charge in [-0.25, -0.2) is 0 Å². The van der Waals surface area contributed by atoms with Crippen molar-refractivity contribution in [3.8, 4) is 0 Å². The second-order valence-corrected chi connectivity index (χ2v) is 21.4. The van der Waals surface area contributed by atoms with Gasteiger partial charge in [-0.15, -0.1) is 0 Å². The third-order valence-corrected chi connectivity index (χ3v) is 14.4. The number of Topliss-reactive ketones (excluding diaryl/α,β-unsaturated/α-hetero) is 2. The first-order valence-corrected chi connectivity index (χ1v) is 27.4. The molecule has 80 heavy (non-hydrogen) atoms. The number of ether oxygens (including phenoxy) is 4. The van der Waals surface area contributed by atoms with Gasteiger partial charge in [0.25, 0.3) is 0 Å². The van der Waals surface area contributed by atoms with Crippen molar-refractivity contribution >= 4 is 29.2 Å². The highest BCUT2D eigenvalue weighted by atomic mass is 16.7. The summed E-state index contributed by atoms with van der Waals surface area (Å²) in [5, 5.41) is 122. The van der Waals surface area contributed by atoms with Crippen LogP contribution in [0.15, 0.2) is 109 Å². The fourth-order valence-electron chi connectivity index (χ4n) is 10.1. The van der Waals surface area contributed by atoms with Crippen LogP contribution in [0.25, 0.3) is 0 Å². The number of fused-ring (bicyclic) bond motifs is 2. The van der Waals surface area contributed by atoms with Crippen LogP contribution in [0.2, 0.25) is 0 Å². The summed E-state index contributed by atoms with van der Waals surface area (Å²) in [7, 11) is 1.77. The summed E-state index contributed by atoms with van der Waals surface area (Å²) in [5.41, 5.74) is 7.35. The van der Waals surface area contributed by atoms with Crippen molar-refractivity contribution in [2.75, 3.05) is 12.4 Å². The number of carboxylic acid groups (broad SMARTS) is 1. The number of aliphatic carboxylic acids is 1. The summed E-state index contributed by atoms with van der Waals surface area (Å²) in [6.07, 6.45) is 1.86. The molecule has 1 aromatic rings. The Morgan fingerprint density at radius 2 is 1.27 bits per heavy atom. The summed E-state index contributed by atoms with van der Waals surface area (Å²) < 4.78 is 23.7. The van der Waals surface area contributed by atoms with E-state index in [4.69, 9.17) is 24.7 Å². The molecule has 2 fully saturated rings. The van der Waals surface area contributed by atoms with E-state index in [-0.39, 0.29) is 36.9 Å². The number of carbonyl (C=O) groups is 4. The molecule has 3 heterocycles. The van der Waals surface area contributed by atoms with E-state index >= 15 is 0 Å². The van der Waals surface area contributed by atoms with Crippen LogP contribution in [-0.4, -0.2) is 184 Å². The van der Waals surface area contributed by atoms with Crippen molar-refractivity contribution in [1.29, 1.82) is 0 Å². The fourth-order valence-corrected chi connectivity index (χ4v) is 10.1. The average Bonchev–Trinajstić information content (AvgIpc) is 3.48. The zero-order valence-electron chi connectivity index (χ0n) is 46.0. The van der Waals surface area contributed by atoms with Crippen LogP contribution in [-0.2, 0) is 33.3 Å². The number of carbonyl (C=O) groups excluding carboxylic acids is 3. The highest BCUT2D eigenvalue weighted by Crippen LogP contribution is 2.38. The van der Waals surface area contributed by atoms with Crippen molar-refractivity contribution < 1.29 is 94.3 Å². The fraction of sp³-hybridized carbons (Fsp3) is 0.593. The molecule has 0 saturated carbocycles. The van der Waals surface area contributed by atoms with Crippen LogP contribution in [0.4, 0.5) is 5.69 Å². The number of benzene rings is 1. The first-order valence-electron chi connectivity index (χ1n) is 27.4. The average molecular weight is 1130 g/mol. The number of esters is 1. The Bertz CT molecular complexity index is 2300. The SMILES string of the molecule is CNc1ccc(C(=O)CC(O)CCC(C)C2OC(=O)CC(O)CC(=O)CC(O)CC(O)CC(O)CC(O)CC3(O)CC(O)C(C(=O)O)C(CC(O[C@@H]4O[C@H](C)[C@@H](O)[C@H](N)[C@@H]4O)/C=C/C=C/C=C/C=C/C=C/C=C/C=C/C2C)O3)cc1. The van der Waals surface area contributed by atoms with Crippen molar-refractivity contribution in [3.05, 3.63) is 115 Å². The van der Waals surface area contributed by atoms with Crippen LogP contribution in [0.3, 0.4) is 0 Å². The van der Waals surface area contributed by atoms with Crippen molar-refractivity contribution in [2.45, 2.75) is 195 Å². The minimum atomic E-state index is -2.34. The Balaban J connectivity index is 1.54. The molecule has 1 aromatic carbocycles. The second kappa shape index (κ2) is 33.7. The van der Waals surface area contributed by atoms with Crippen LogP contribution < -0.4 is 11.1 Å². The molecule has 0 aromatic heterocycles. The van der Waals surface area contributed by atoms with Gasteiger partial charge in [-0.3, -0.25) is 19.2 Å². The number of nitrogens with two attached hydrogens (primary N) is 1. The summed E-state index contributed by atoms with van der Waals surface area (Å²) in [4.78, 5) is 51.7. The van der Waals surface area contributed by atoms with Gasteiger partial charge in [-0.2, -0.15) is 0 Å². The van der Waals surface area contributed by atoms with E-state index in [2.05, 4.69) is 5.32 Å². The molecule has 2 bridgehead atoms. The van der Waals surface area contributed by atoms with Gasteiger partial charge < -0.3 is 86.2 Å². The standard InChI is InChI=1S/C59H86N2O19/c1-35-17-15-13-11-9-7-5-6-8-10-12-14-16-18-47(78-58-55(73)53(60)54(72)37(3)77-58)32-50-52(57(74)75)49(70)34-59(76,80-50)33-46(68)29-44(66)27-42(64)25-41(63)26-43(65)28-45(67)31-51(71)79-56(35)36(2)19-24-40(62)30-48(69)38-20-22-39(61-4)23-21-38/h5-18,20-23,35-37,40-42,44-47,49-50,52-56,58,61-64,66-68,70,72-73,76H,19,24-34,60H2,1-4H3,(H,74,75)/b6-5+,9-7+,10-8+,13-11+,14-12+,17-15+,18-16+/t35?,36?,37-,40?,41?,42?,44?,45?,46?,47?,49?,50?,52?,53+,54-,55+,56?,58+,59?/m1/s1. The van der Waals surface area contributed by atoms with Crippen molar-refractivity contribution in [3.63, 3.8) is 0 Å². The normalized spacial score (nSPS) is 38.0. The second-order valence-electron chi connectivity index (χ2n) is 21.4. The molecule has 0 aliphatic carbocycles. The lowest BCUT2D eigenvalue weighted by Crippen LogP contribution is -2.61. The first kappa shape index (κ1) is 67.4. The maximum atomic E-state index is 13.3. The van der Waals surface area contributed by atoms with E-state index in [0.29, 0.717) is 12.0 Å². The van der Waals surface area contributed by atoms with Gasteiger partial charge in [0.1, 0.15) is 23.9 Å². The molecule has 3 aliphatic rings. The van der Waals surface area contributed by atoms with Gasteiger partial charge in [0.2, 0.25) is 0 Å². The molecular weight excluding hydrogens is 1040 g/mol. The highest BCUT2D eigenvalue weighted by Gasteiger charge is 2.51. The van der Waals surface area contributed by atoms with Crippen LogP contribution in [0.1, 0.15) is 108 Å². The minimum absolute atomic E-state index is 0.106. The number of cyclic esters (lactones) is 1. The van der Waals surface area contributed by atoms with Gasteiger partial charge in [0.05, 0.1) is 79.6 Å². The lowest BCUT2D eigenvalue weighted by atomic mass is 9.82. The number of aliphatic hydroxyl groups excluding tert-OH is 9. The summed E-state index contributed by atoms with van der Waals surface area (Å²) in [6.45, 7) is 5.22. The zero-order chi connectivity index (χ0) is 59.1. The third kappa shape index (κ3) is 23.0. The maximum absolute atomic E-state index is 13.3. The molecule has 3 aliphatic heterocycles. The van der Waals surface area contributed by atoms with Gasteiger partial charge in [-0.05, 0) is 69.2 Å². The monoisotopic (exact) mass is 1130 g/mol. The van der Waals surface area contributed by atoms with Gasteiger partial charge >= 0.3 is 11.9 Å². The molecule has 446 valence electrons. The number of carboxylic acids is 1. The molecule has 0 radical (unpaired) electrons. The Hall–Kier alpha value is -5.08. The predicted octanol–water partition coefficient (Wildman–Crippen LogP) is 2.75. The molecule has 21 heteroatoms. The number of anilines is 1. The number of allylic oxidation sites excluding steroid dienone is 12. The summed E-state index contributed by atoms with van der Waals surface area (Å²) in [6, 6.07) is 5.74. The van der Waals surface area contributed by atoms with Crippen molar-refractivity contribution in [2.24, 2.45) is 23.5 Å². The Kier molecular flexibility index (Phi) is 28.4. The first-order chi connectivity index (χ1) is 37.9. The Morgan fingerprint density at radius 1 is 0.725 bits per heavy atom. The van der Waals surface area contributed by atoms with E-state index in [1.54, 1.807) is 104 Å². The number of rotatable bonds is 11. The zero-order valence-corrected chi connectivity index (χ0v) is 46.0. The quantitative estimate of drug-likeness (QED) is 0.112. The van der Waals surface area contributed by atoms with E-state index in [0.717, 1.165) is 5.69 Å². The maximum Gasteiger partial charge on any atom is 0.311 e. The molecule has 14 N–H and O–H groups in total. The third-order valence-electron chi connectivity index (χ3n) is 14.4. The summed E-state index contributed by atoms with van der Waals surface area (Å²) >= 11 is 0. The largest absolute Gasteiger partial charge is 0.481 e. The molecule has 2 saturated heterocycles. The molecule has 19 atom stereocenters. The number of hydrogen-bond donors (Lipinski definition) is 13. The van der Waals surface area contributed by atoms with Gasteiger partial charge in [-0.1, -0.05) is 98.9 Å². The van der Waals surface area contributed by atoms with Crippen molar-refractivity contribution in [1.82, 2.24) is 0 Å². The number of ketones is 2. The van der Waals surface area contributed by atoms with E-state index in [9.17, 15) is 75.3 Å². The lowest BCUT2D eigenvalue weighted by molar-refractivity contribution is -0.308. The van der Waals surface area contributed by atoms with Crippen LogP contribution in [0.5, 0.6) is 0 Å². The van der Waals surface area contributed by atoms with Gasteiger partial charge in [0.15, 0.2) is 17.9 Å². The van der Waals surface area contributed by atoms with Crippen LogP contribution in [0, 0.1) is 17.8 Å². The number of hydrogen-bond acceptors (Lipinski definition) is 20. The number of nitrogens with one attached hydrogen (secondary N) is 1.